The predicted molar refractivity (Wildman–Crippen MR) is 121 cm³/mol. The van der Waals surface area contributed by atoms with E-state index in [-0.39, 0.29) is 12.3 Å². The number of hydrogen-bond acceptors (Lipinski definition) is 5. The van der Waals surface area contributed by atoms with Crippen LogP contribution >= 0.6 is 11.3 Å². The van der Waals surface area contributed by atoms with E-state index < -0.39 is 10.0 Å². The number of carbonyl (C=O) groups excluding carboxylic acids is 1. The molecule has 2 saturated heterocycles. The minimum atomic E-state index is -3.40. The zero-order valence-electron chi connectivity index (χ0n) is 17.6. The average Bonchev–Trinajstić information content (AvgIpc) is 3.43. The molecule has 0 bridgehead atoms. The fraction of sp³-hybridized carbons (Fsp3) is 0.500. The Labute approximate surface area is 183 Å². The van der Waals surface area contributed by atoms with Gasteiger partial charge < -0.3 is 9.80 Å². The quantitative estimate of drug-likeness (QED) is 0.707. The van der Waals surface area contributed by atoms with Crippen molar-refractivity contribution in [3.05, 3.63) is 46.3 Å². The Morgan fingerprint density at radius 1 is 0.967 bits per heavy atom. The highest BCUT2D eigenvalue weighted by molar-refractivity contribution is 7.91. The highest BCUT2D eigenvalue weighted by Crippen LogP contribution is 2.28. The Hall–Kier alpha value is -1.90. The molecule has 0 atom stereocenters. The van der Waals surface area contributed by atoms with Crippen LogP contribution in [0.1, 0.15) is 28.8 Å². The van der Waals surface area contributed by atoms with Gasteiger partial charge in [0.25, 0.3) is 10.0 Å². The summed E-state index contributed by atoms with van der Waals surface area (Å²) in [6.45, 7) is 8.47. The second kappa shape index (κ2) is 8.69. The molecule has 30 heavy (non-hydrogen) atoms. The number of aryl methyl sites for hydroxylation is 1. The first kappa shape index (κ1) is 21.3. The van der Waals surface area contributed by atoms with Gasteiger partial charge in [-0.15, -0.1) is 11.3 Å². The molecule has 2 fully saturated rings. The van der Waals surface area contributed by atoms with E-state index in [1.165, 1.54) is 28.2 Å². The molecule has 0 saturated carbocycles. The molecule has 162 valence electrons. The lowest BCUT2D eigenvalue weighted by molar-refractivity contribution is -0.130. The standard InChI is InChI=1S/C22H29N3O3S2/c1-17-6-5-7-20(18(17)2)23-12-14-24(15-13-23)21(26)16-19-8-9-22(29-19)30(27,28)25-10-3-4-11-25/h5-9H,3-4,10-16H2,1-2H3. The number of anilines is 1. The highest BCUT2D eigenvalue weighted by atomic mass is 32.2. The Morgan fingerprint density at radius 2 is 1.67 bits per heavy atom. The van der Waals surface area contributed by atoms with Crippen LogP contribution in [-0.2, 0) is 21.2 Å². The summed E-state index contributed by atoms with van der Waals surface area (Å²) in [6, 6.07) is 9.79. The minimum Gasteiger partial charge on any atom is -0.368 e. The van der Waals surface area contributed by atoms with Crippen molar-refractivity contribution < 1.29 is 13.2 Å². The van der Waals surface area contributed by atoms with Crippen molar-refractivity contribution in [2.24, 2.45) is 0 Å². The second-order valence-electron chi connectivity index (χ2n) is 8.10. The number of nitrogens with zero attached hydrogens (tertiary/aromatic N) is 3. The third-order valence-electron chi connectivity index (χ3n) is 6.17. The molecule has 1 amide bonds. The Bertz CT molecular complexity index is 1020. The van der Waals surface area contributed by atoms with E-state index in [4.69, 9.17) is 0 Å². The molecule has 0 radical (unpaired) electrons. The van der Waals surface area contributed by atoms with Crippen molar-refractivity contribution in [2.45, 2.75) is 37.3 Å². The Balaban J connectivity index is 1.35. The van der Waals surface area contributed by atoms with E-state index in [0.29, 0.717) is 30.4 Å². The van der Waals surface area contributed by atoms with Crippen LogP contribution in [0.2, 0.25) is 0 Å². The summed E-state index contributed by atoms with van der Waals surface area (Å²) in [7, 11) is -3.40. The van der Waals surface area contributed by atoms with Crippen LogP contribution in [0, 0.1) is 13.8 Å². The first-order chi connectivity index (χ1) is 14.4. The lowest BCUT2D eigenvalue weighted by atomic mass is 10.1. The van der Waals surface area contributed by atoms with E-state index in [1.54, 1.807) is 16.4 Å². The van der Waals surface area contributed by atoms with Crippen molar-refractivity contribution in [1.82, 2.24) is 9.21 Å². The van der Waals surface area contributed by atoms with Crippen LogP contribution in [0.5, 0.6) is 0 Å². The van der Waals surface area contributed by atoms with E-state index in [2.05, 4.69) is 36.9 Å². The molecule has 3 heterocycles. The van der Waals surface area contributed by atoms with Gasteiger partial charge in [-0.3, -0.25) is 4.79 Å². The molecule has 2 aromatic rings. The average molecular weight is 448 g/mol. The highest BCUT2D eigenvalue weighted by Gasteiger charge is 2.29. The van der Waals surface area contributed by atoms with Gasteiger partial charge in [-0.1, -0.05) is 12.1 Å². The SMILES string of the molecule is Cc1cccc(N2CCN(C(=O)Cc3ccc(S(=O)(=O)N4CCCC4)s3)CC2)c1C. The number of sulfonamides is 1. The van der Waals surface area contributed by atoms with Gasteiger partial charge in [0.15, 0.2) is 0 Å². The third kappa shape index (κ3) is 4.26. The molecular formula is C22H29N3O3S2. The van der Waals surface area contributed by atoms with Crippen LogP contribution in [0.15, 0.2) is 34.5 Å². The number of piperazine rings is 1. The van der Waals surface area contributed by atoms with Crippen LogP contribution in [0.3, 0.4) is 0 Å². The van der Waals surface area contributed by atoms with Gasteiger partial charge in [0.2, 0.25) is 5.91 Å². The topological polar surface area (TPSA) is 60.9 Å². The Kier molecular flexibility index (Phi) is 6.18. The number of rotatable bonds is 5. The maximum Gasteiger partial charge on any atom is 0.252 e. The van der Waals surface area contributed by atoms with Crippen LogP contribution in [0.4, 0.5) is 5.69 Å². The van der Waals surface area contributed by atoms with Crippen molar-refractivity contribution in [3.8, 4) is 0 Å². The third-order valence-corrected chi connectivity index (χ3v) is 9.62. The lowest BCUT2D eigenvalue weighted by Gasteiger charge is -2.37. The first-order valence-electron chi connectivity index (χ1n) is 10.5. The second-order valence-corrected chi connectivity index (χ2v) is 11.4. The molecule has 4 rings (SSSR count). The summed E-state index contributed by atoms with van der Waals surface area (Å²) in [5.74, 6) is 0.0718. The number of thiophene rings is 1. The molecule has 0 spiro atoms. The van der Waals surface area contributed by atoms with Gasteiger partial charge >= 0.3 is 0 Å². The summed E-state index contributed by atoms with van der Waals surface area (Å²) in [5.41, 5.74) is 3.82. The van der Waals surface area contributed by atoms with Crippen molar-refractivity contribution in [1.29, 1.82) is 0 Å². The van der Waals surface area contributed by atoms with E-state index in [9.17, 15) is 13.2 Å². The minimum absolute atomic E-state index is 0.0718. The van der Waals surface area contributed by atoms with Crippen molar-refractivity contribution >= 4 is 33.0 Å². The number of benzene rings is 1. The maximum atomic E-state index is 12.8. The molecule has 0 aliphatic carbocycles. The summed E-state index contributed by atoms with van der Waals surface area (Å²) in [6.07, 6.45) is 2.11. The largest absolute Gasteiger partial charge is 0.368 e. The van der Waals surface area contributed by atoms with Gasteiger partial charge in [0.05, 0.1) is 6.42 Å². The molecular weight excluding hydrogens is 418 g/mol. The summed E-state index contributed by atoms with van der Waals surface area (Å²) in [5, 5.41) is 0. The van der Waals surface area contributed by atoms with Crippen LogP contribution < -0.4 is 4.90 Å². The summed E-state index contributed by atoms with van der Waals surface area (Å²) < 4.78 is 27.3. The van der Waals surface area contributed by atoms with Crippen LogP contribution in [0.25, 0.3) is 0 Å². The number of amides is 1. The zero-order chi connectivity index (χ0) is 21.3. The lowest BCUT2D eigenvalue weighted by Crippen LogP contribution is -2.49. The van der Waals surface area contributed by atoms with Gasteiger partial charge in [-0.25, -0.2) is 8.42 Å². The molecule has 8 heteroatoms. The smallest absolute Gasteiger partial charge is 0.252 e. The summed E-state index contributed by atoms with van der Waals surface area (Å²) in [4.78, 5) is 17.9. The van der Waals surface area contributed by atoms with E-state index in [0.717, 1.165) is 30.8 Å². The van der Waals surface area contributed by atoms with Crippen LogP contribution in [-0.4, -0.2) is 62.8 Å². The normalized spacial score (nSPS) is 18.2. The van der Waals surface area contributed by atoms with Crippen molar-refractivity contribution in [3.63, 3.8) is 0 Å². The summed E-state index contributed by atoms with van der Waals surface area (Å²) >= 11 is 1.23. The number of hydrogen-bond donors (Lipinski definition) is 0. The molecule has 1 aromatic heterocycles. The van der Waals surface area contributed by atoms with Gasteiger partial charge in [0.1, 0.15) is 4.21 Å². The molecule has 0 unspecified atom stereocenters. The van der Waals surface area contributed by atoms with Gasteiger partial charge in [0, 0.05) is 49.8 Å². The Morgan fingerprint density at radius 3 is 2.37 bits per heavy atom. The predicted octanol–water partition coefficient (Wildman–Crippen LogP) is 3.04. The molecule has 2 aliphatic rings. The van der Waals surface area contributed by atoms with Gasteiger partial charge in [-0.05, 0) is 56.0 Å². The van der Waals surface area contributed by atoms with E-state index >= 15 is 0 Å². The first-order valence-corrected chi connectivity index (χ1v) is 12.8. The maximum absolute atomic E-state index is 12.8. The fourth-order valence-electron chi connectivity index (χ4n) is 4.18. The fourth-order valence-corrected chi connectivity index (χ4v) is 7.20. The van der Waals surface area contributed by atoms with Gasteiger partial charge in [-0.2, -0.15) is 4.31 Å². The van der Waals surface area contributed by atoms with Crippen molar-refractivity contribution in [2.75, 3.05) is 44.2 Å². The number of carbonyl (C=O) groups is 1. The molecule has 1 aromatic carbocycles. The monoisotopic (exact) mass is 447 g/mol. The zero-order valence-corrected chi connectivity index (χ0v) is 19.3. The van der Waals surface area contributed by atoms with E-state index in [1.807, 2.05) is 4.90 Å². The molecule has 6 nitrogen and oxygen atoms in total. The molecule has 2 aliphatic heterocycles. The molecule has 0 N–H and O–H groups in total.